The van der Waals surface area contributed by atoms with E-state index in [9.17, 15) is 14.4 Å². The molecule has 2 aromatic rings. The Morgan fingerprint density at radius 1 is 1.30 bits per heavy atom. The molecule has 0 radical (unpaired) electrons. The fourth-order valence-electron chi connectivity index (χ4n) is 3.63. The molecule has 30 heavy (non-hydrogen) atoms. The van der Waals surface area contributed by atoms with E-state index in [2.05, 4.69) is 10.1 Å². The Morgan fingerprint density at radius 2 is 1.97 bits per heavy atom. The Balaban J connectivity index is 2.06. The first kappa shape index (κ1) is 21.9. The summed E-state index contributed by atoms with van der Waals surface area (Å²) in [5, 5.41) is 4.59. The molecule has 0 spiro atoms. The van der Waals surface area contributed by atoms with Crippen molar-refractivity contribution >= 4 is 17.4 Å². The lowest BCUT2D eigenvalue weighted by molar-refractivity contribution is 0.0981. The van der Waals surface area contributed by atoms with Gasteiger partial charge in [-0.25, -0.2) is 4.79 Å². The van der Waals surface area contributed by atoms with Crippen LogP contribution in [-0.4, -0.2) is 31.8 Å². The molecule has 0 aliphatic heterocycles. The van der Waals surface area contributed by atoms with Gasteiger partial charge in [-0.05, 0) is 53.0 Å². The number of nitrogen functional groups attached to an aromatic ring is 1. The summed E-state index contributed by atoms with van der Waals surface area (Å²) in [4.78, 5) is 41.8. The van der Waals surface area contributed by atoms with E-state index in [1.54, 1.807) is 6.92 Å². The summed E-state index contributed by atoms with van der Waals surface area (Å²) in [6, 6.07) is 1.82. The van der Waals surface area contributed by atoms with Crippen molar-refractivity contribution in [2.45, 2.75) is 78.3 Å². The second kappa shape index (κ2) is 8.12. The number of aromatic nitrogens is 4. The summed E-state index contributed by atoms with van der Waals surface area (Å²) in [6.45, 7) is 10.5. The number of nitrogens with one attached hydrogen (secondary N) is 1. The number of rotatable bonds is 7. The van der Waals surface area contributed by atoms with Gasteiger partial charge >= 0.3 is 5.69 Å². The molecule has 9 nitrogen and oxygen atoms in total. The van der Waals surface area contributed by atoms with Crippen LogP contribution >= 0.6 is 0 Å². The van der Waals surface area contributed by atoms with Gasteiger partial charge < -0.3 is 5.73 Å². The predicted molar refractivity (Wildman–Crippen MR) is 117 cm³/mol. The third-order valence-corrected chi connectivity index (χ3v) is 5.37. The van der Waals surface area contributed by atoms with E-state index in [1.807, 2.05) is 38.4 Å². The fourth-order valence-corrected chi connectivity index (χ4v) is 3.63. The molecular formula is C21H32N6O3. The second-order valence-electron chi connectivity index (χ2n) is 8.86. The molecule has 1 aliphatic carbocycles. The van der Waals surface area contributed by atoms with Crippen LogP contribution in [0.3, 0.4) is 0 Å². The topological polar surface area (TPSA) is 119 Å². The Bertz CT molecular complexity index is 1050. The van der Waals surface area contributed by atoms with Crippen molar-refractivity contribution in [3.8, 4) is 0 Å². The van der Waals surface area contributed by atoms with Crippen LogP contribution in [-0.2, 0) is 12.1 Å². The molecule has 1 fully saturated rings. The highest BCUT2D eigenvalue weighted by molar-refractivity contribution is 6.06. The minimum Gasteiger partial charge on any atom is -0.383 e. The van der Waals surface area contributed by atoms with Gasteiger partial charge in [-0.3, -0.25) is 28.7 Å². The number of H-pyrrole nitrogens is 1. The molecule has 0 bridgehead atoms. The van der Waals surface area contributed by atoms with E-state index in [0.29, 0.717) is 12.5 Å². The number of anilines is 2. The van der Waals surface area contributed by atoms with Gasteiger partial charge in [0.1, 0.15) is 5.82 Å². The molecule has 0 atom stereocenters. The first-order valence-electron chi connectivity index (χ1n) is 10.6. The Hall–Kier alpha value is -2.84. The number of nitrogens with two attached hydrogens (primary N) is 1. The van der Waals surface area contributed by atoms with Crippen LogP contribution in [0.15, 0.2) is 15.7 Å². The average Bonchev–Trinajstić information content (AvgIpc) is 3.41. The maximum absolute atomic E-state index is 13.4. The van der Waals surface area contributed by atoms with Crippen molar-refractivity contribution in [1.82, 2.24) is 19.3 Å². The smallest absolute Gasteiger partial charge is 0.330 e. The first-order valence-corrected chi connectivity index (χ1v) is 10.6. The number of carbonyl (C=O) groups excluding carboxylic acids is 1. The van der Waals surface area contributed by atoms with Gasteiger partial charge in [-0.1, -0.05) is 13.3 Å². The van der Waals surface area contributed by atoms with E-state index in [-0.39, 0.29) is 29.3 Å². The number of hydrogen-bond acceptors (Lipinski definition) is 5. The Morgan fingerprint density at radius 3 is 2.50 bits per heavy atom. The molecule has 2 heterocycles. The van der Waals surface area contributed by atoms with Crippen LogP contribution < -0.4 is 21.9 Å². The minimum absolute atomic E-state index is 0.00326. The van der Waals surface area contributed by atoms with Gasteiger partial charge in [0.15, 0.2) is 11.4 Å². The summed E-state index contributed by atoms with van der Waals surface area (Å²) in [7, 11) is 0. The monoisotopic (exact) mass is 416 g/mol. The number of hydrogen-bond donors (Lipinski definition) is 2. The highest BCUT2D eigenvalue weighted by Crippen LogP contribution is 2.42. The number of carbonyl (C=O) groups is 1. The van der Waals surface area contributed by atoms with Crippen LogP contribution in [0.1, 0.15) is 82.4 Å². The van der Waals surface area contributed by atoms with E-state index < -0.39 is 17.2 Å². The zero-order valence-corrected chi connectivity index (χ0v) is 18.5. The summed E-state index contributed by atoms with van der Waals surface area (Å²) in [6.07, 6.45) is 3.77. The van der Waals surface area contributed by atoms with Gasteiger partial charge in [0.25, 0.3) is 11.5 Å². The summed E-state index contributed by atoms with van der Waals surface area (Å²) in [5.41, 5.74) is 6.02. The molecule has 3 rings (SSSR count). The fraction of sp³-hybridized carbons (Fsp3) is 0.619. The van der Waals surface area contributed by atoms with E-state index in [0.717, 1.165) is 31.4 Å². The van der Waals surface area contributed by atoms with Crippen molar-refractivity contribution in [2.24, 2.45) is 0 Å². The third kappa shape index (κ3) is 4.06. The predicted octanol–water partition coefficient (Wildman–Crippen LogP) is 2.41. The lowest BCUT2D eigenvalue weighted by Crippen LogP contribution is -2.41. The molecule has 3 N–H and O–H groups in total. The molecule has 164 valence electrons. The van der Waals surface area contributed by atoms with Crippen LogP contribution in [0, 0.1) is 0 Å². The van der Waals surface area contributed by atoms with E-state index in [4.69, 9.17) is 5.73 Å². The van der Waals surface area contributed by atoms with Crippen molar-refractivity contribution < 1.29 is 4.79 Å². The molecule has 0 aromatic carbocycles. The number of aromatic amines is 1. The lowest BCUT2D eigenvalue weighted by Gasteiger charge is -2.23. The van der Waals surface area contributed by atoms with Gasteiger partial charge in [0, 0.05) is 24.7 Å². The lowest BCUT2D eigenvalue weighted by atomic mass is 10.1. The van der Waals surface area contributed by atoms with Gasteiger partial charge in [0.05, 0.1) is 5.54 Å². The molecule has 1 aliphatic rings. The zero-order valence-electron chi connectivity index (χ0n) is 18.5. The standard InChI is InChI=1S/C21H32N6O3/c1-6-8-11-26-17(22)16(18(28)23-20(26)30)25(7-2)19(29)14-12-15(13-9-10-13)27(24-14)21(3,4)5/h12-13H,6-11,22H2,1-5H3,(H,23,28,30). The maximum Gasteiger partial charge on any atom is 0.330 e. The molecule has 0 saturated heterocycles. The largest absolute Gasteiger partial charge is 0.383 e. The quantitative estimate of drug-likeness (QED) is 0.718. The number of unbranched alkanes of at least 4 members (excludes halogenated alkanes) is 1. The number of amides is 1. The molecular weight excluding hydrogens is 384 g/mol. The zero-order chi connectivity index (χ0) is 22.2. The SMILES string of the molecule is CCCCn1c(N)c(N(CC)C(=O)c2cc(C3CC3)n(C(C)(C)C)n2)c(=O)[nH]c1=O. The van der Waals surface area contributed by atoms with E-state index >= 15 is 0 Å². The van der Waals surface area contributed by atoms with Crippen LogP contribution in [0.4, 0.5) is 11.5 Å². The van der Waals surface area contributed by atoms with Gasteiger partial charge in [-0.15, -0.1) is 0 Å². The van der Waals surface area contributed by atoms with Gasteiger partial charge in [-0.2, -0.15) is 5.10 Å². The van der Waals surface area contributed by atoms with Crippen molar-refractivity contribution in [1.29, 1.82) is 0 Å². The highest BCUT2D eigenvalue weighted by Gasteiger charge is 2.34. The Kier molecular flexibility index (Phi) is 5.92. The summed E-state index contributed by atoms with van der Waals surface area (Å²) in [5.74, 6) is 0.0168. The van der Waals surface area contributed by atoms with Crippen LogP contribution in [0.5, 0.6) is 0 Å². The van der Waals surface area contributed by atoms with Crippen LogP contribution in [0.25, 0.3) is 0 Å². The molecule has 9 heteroatoms. The van der Waals surface area contributed by atoms with Crippen molar-refractivity contribution in [3.05, 3.63) is 38.3 Å². The summed E-state index contributed by atoms with van der Waals surface area (Å²) < 4.78 is 3.22. The molecule has 1 amide bonds. The normalized spacial score (nSPS) is 14.2. The van der Waals surface area contributed by atoms with E-state index in [1.165, 1.54) is 9.47 Å². The average molecular weight is 417 g/mol. The third-order valence-electron chi connectivity index (χ3n) is 5.37. The Labute approximate surface area is 175 Å². The molecule has 0 unspecified atom stereocenters. The second-order valence-corrected chi connectivity index (χ2v) is 8.86. The summed E-state index contributed by atoms with van der Waals surface area (Å²) >= 11 is 0. The molecule has 2 aromatic heterocycles. The van der Waals surface area contributed by atoms with Crippen molar-refractivity contribution in [3.63, 3.8) is 0 Å². The molecule has 1 saturated carbocycles. The van der Waals surface area contributed by atoms with Gasteiger partial charge in [0.2, 0.25) is 0 Å². The van der Waals surface area contributed by atoms with Crippen LogP contribution in [0.2, 0.25) is 0 Å². The number of nitrogens with zero attached hydrogens (tertiary/aromatic N) is 4. The first-order chi connectivity index (χ1) is 14.1. The van der Waals surface area contributed by atoms with Crippen molar-refractivity contribution in [2.75, 3.05) is 17.2 Å². The maximum atomic E-state index is 13.4. The minimum atomic E-state index is -0.668. The highest BCUT2D eigenvalue weighted by atomic mass is 16.2.